The van der Waals surface area contributed by atoms with Gasteiger partial charge in [0.2, 0.25) is 0 Å². The van der Waals surface area contributed by atoms with Crippen LogP contribution in [0.3, 0.4) is 0 Å². The van der Waals surface area contributed by atoms with Crippen molar-refractivity contribution < 1.29 is 9.53 Å². The van der Waals surface area contributed by atoms with Gasteiger partial charge in [-0.15, -0.1) is 0 Å². The lowest BCUT2D eigenvalue weighted by Crippen LogP contribution is -2.05. The highest BCUT2D eigenvalue weighted by Gasteiger charge is 2.02. The summed E-state index contributed by atoms with van der Waals surface area (Å²) in [6.45, 7) is 7.53. The van der Waals surface area contributed by atoms with Gasteiger partial charge in [-0.25, -0.2) is 0 Å². The first-order chi connectivity index (χ1) is 14.2. The average Bonchev–Trinajstić information content (AvgIpc) is 2.70. The molecule has 174 valence electrons. The van der Waals surface area contributed by atoms with Gasteiger partial charge in [0.25, 0.3) is 0 Å². The molecule has 0 aromatic rings. The van der Waals surface area contributed by atoms with Crippen LogP contribution in [-0.4, -0.2) is 12.6 Å². The molecule has 0 amide bonds. The Labute approximate surface area is 184 Å². The van der Waals surface area contributed by atoms with E-state index in [2.05, 4.69) is 20.8 Å². The summed E-state index contributed by atoms with van der Waals surface area (Å²) < 4.78 is 5.38. The Bertz CT molecular complexity index is 324. The van der Waals surface area contributed by atoms with E-state index in [-0.39, 0.29) is 5.97 Å². The summed E-state index contributed by atoms with van der Waals surface area (Å²) in [6.07, 6.45) is 27.0. The second-order valence-corrected chi connectivity index (χ2v) is 9.52. The molecule has 0 bridgehead atoms. The highest BCUT2D eigenvalue weighted by Crippen LogP contribution is 2.14. The van der Waals surface area contributed by atoms with E-state index >= 15 is 0 Å². The van der Waals surface area contributed by atoms with Crippen LogP contribution >= 0.6 is 0 Å². The van der Waals surface area contributed by atoms with Gasteiger partial charge >= 0.3 is 5.97 Å². The molecule has 2 nitrogen and oxygen atoms in total. The fourth-order valence-corrected chi connectivity index (χ4v) is 3.91. The summed E-state index contributed by atoms with van der Waals surface area (Å²) in [7, 11) is 0. The van der Waals surface area contributed by atoms with Gasteiger partial charge in [-0.1, -0.05) is 136 Å². The molecule has 0 aliphatic carbocycles. The lowest BCUT2D eigenvalue weighted by atomic mass is 10.0. The molecule has 0 aromatic heterocycles. The van der Waals surface area contributed by atoms with Gasteiger partial charge in [0.05, 0.1) is 6.61 Å². The van der Waals surface area contributed by atoms with Gasteiger partial charge in [-0.3, -0.25) is 4.79 Å². The summed E-state index contributed by atoms with van der Waals surface area (Å²) >= 11 is 0. The van der Waals surface area contributed by atoms with Crippen molar-refractivity contribution in [1.29, 1.82) is 0 Å². The third-order valence-electron chi connectivity index (χ3n) is 5.92. The summed E-state index contributed by atoms with van der Waals surface area (Å²) in [4.78, 5) is 11.8. The van der Waals surface area contributed by atoms with Crippen LogP contribution in [0.1, 0.15) is 156 Å². The summed E-state index contributed by atoms with van der Waals surface area (Å²) in [6, 6.07) is 0. The molecule has 0 heterocycles. The van der Waals surface area contributed by atoms with Crippen molar-refractivity contribution in [3.8, 4) is 0 Å². The Morgan fingerprint density at radius 3 is 1.48 bits per heavy atom. The first kappa shape index (κ1) is 28.5. The van der Waals surface area contributed by atoms with Gasteiger partial charge in [-0.2, -0.15) is 0 Å². The molecule has 0 saturated carbocycles. The second-order valence-electron chi connectivity index (χ2n) is 9.52. The van der Waals surface area contributed by atoms with Gasteiger partial charge in [0, 0.05) is 6.42 Å². The van der Waals surface area contributed by atoms with Crippen LogP contribution in [0.5, 0.6) is 0 Å². The molecule has 0 unspecified atom stereocenters. The van der Waals surface area contributed by atoms with Crippen LogP contribution in [0.2, 0.25) is 0 Å². The van der Waals surface area contributed by atoms with Crippen molar-refractivity contribution >= 4 is 5.97 Å². The number of esters is 1. The fourth-order valence-electron chi connectivity index (χ4n) is 3.91. The normalized spacial score (nSPS) is 11.3. The fraction of sp³-hybridized carbons (Fsp3) is 0.963. The van der Waals surface area contributed by atoms with E-state index in [0.717, 1.165) is 18.8 Å². The second kappa shape index (κ2) is 23.7. The summed E-state index contributed by atoms with van der Waals surface area (Å²) in [5.74, 6) is 0.880. The van der Waals surface area contributed by atoms with Crippen LogP contribution in [0.15, 0.2) is 0 Å². The lowest BCUT2D eigenvalue weighted by molar-refractivity contribution is -0.143. The molecular weight excluding hydrogens is 356 g/mol. The largest absolute Gasteiger partial charge is 0.466 e. The minimum Gasteiger partial charge on any atom is -0.466 e. The van der Waals surface area contributed by atoms with E-state index in [9.17, 15) is 4.79 Å². The van der Waals surface area contributed by atoms with Gasteiger partial charge < -0.3 is 4.74 Å². The molecule has 2 heteroatoms. The number of carbonyl (C=O) groups excluding carboxylic acids is 1. The minimum atomic E-state index is 0.0194. The zero-order chi connectivity index (χ0) is 21.4. The maximum Gasteiger partial charge on any atom is 0.305 e. The molecule has 0 aliphatic rings. The first-order valence-corrected chi connectivity index (χ1v) is 13.3. The Balaban J connectivity index is 3.15. The van der Waals surface area contributed by atoms with Crippen LogP contribution in [0, 0.1) is 5.92 Å². The molecule has 0 saturated heterocycles. The quantitative estimate of drug-likeness (QED) is 0.124. The SMILES string of the molecule is CCCCCCCCCCCCC(=O)OCCCCCCCCCCCC(C)C. The number of unbranched alkanes of at least 4 members (excludes halogenated alkanes) is 17. The molecule has 0 aliphatic heterocycles. The number of rotatable bonds is 23. The Kier molecular flexibility index (Phi) is 23.3. The Hall–Kier alpha value is -0.530. The molecule has 0 aromatic carbocycles. The monoisotopic (exact) mass is 410 g/mol. The van der Waals surface area contributed by atoms with Crippen molar-refractivity contribution in [2.45, 2.75) is 156 Å². The smallest absolute Gasteiger partial charge is 0.305 e. The van der Waals surface area contributed by atoms with Crippen LogP contribution in [0.25, 0.3) is 0 Å². The van der Waals surface area contributed by atoms with E-state index in [1.807, 2.05) is 0 Å². The first-order valence-electron chi connectivity index (χ1n) is 13.3. The zero-order valence-electron chi connectivity index (χ0n) is 20.5. The third kappa shape index (κ3) is 25.4. The van der Waals surface area contributed by atoms with E-state index < -0.39 is 0 Å². The van der Waals surface area contributed by atoms with Crippen molar-refractivity contribution in [3.05, 3.63) is 0 Å². The van der Waals surface area contributed by atoms with Crippen LogP contribution in [0.4, 0.5) is 0 Å². The third-order valence-corrected chi connectivity index (χ3v) is 5.92. The van der Waals surface area contributed by atoms with Crippen LogP contribution < -0.4 is 0 Å². The van der Waals surface area contributed by atoms with E-state index in [1.165, 1.54) is 116 Å². The lowest BCUT2D eigenvalue weighted by Gasteiger charge is -2.06. The number of hydrogen-bond donors (Lipinski definition) is 0. The molecule has 29 heavy (non-hydrogen) atoms. The molecule has 0 fully saturated rings. The molecular formula is C27H54O2. The maximum absolute atomic E-state index is 11.8. The standard InChI is InChI=1S/C27H54O2/c1-4-5-6-7-8-9-12-15-18-21-24-27(28)29-25-22-19-16-13-10-11-14-17-20-23-26(2)3/h26H,4-25H2,1-3H3. The maximum atomic E-state index is 11.8. The van der Waals surface area contributed by atoms with Crippen molar-refractivity contribution in [2.24, 2.45) is 5.92 Å². The summed E-state index contributed by atoms with van der Waals surface area (Å²) in [5, 5.41) is 0. The molecule has 0 atom stereocenters. The average molecular weight is 411 g/mol. The molecule has 0 spiro atoms. The highest BCUT2D eigenvalue weighted by molar-refractivity contribution is 5.69. The van der Waals surface area contributed by atoms with Crippen molar-refractivity contribution in [3.63, 3.8) is 0 Å². The number of carbonyl (C=O) groups is 1. The molecule has 0 rings (SSSR count). The van der Waals surface area contributed by atoms with Gasteiger partial charge in [0.15, 0.2) is 0 Å². The molecule has 0 N–H and O–H groups in total. The Morgan fingerprint density at radius 2 is 1.00 bits per heavy atom. The van der Waals surface area contributed by atoms with Crippen molar-refractivity contribution in [1.82, 2.24) is 0 Å². The number of hydrogen-bond acceptors (Lipinski definition) is 2. The van der Waals surface area contributed by atoms with Crippen molar-refractivity contribution in [2.75, 3.05) is 6.61 Å². The molecule has 0 radical (unpaired) electrons. The number of ether oxygens (including phenoxy) is 1. The summed E-state index contributed by atoms with van der Waals surface area (Å²) in [5.41, 5.74) is 0. The highest BCUT2D eigenvalue weighted by atomic mass is 16.5. The van der Waals surface area contributed by atoms with E-state index in [1.54, 1.807) is 0 Å². The minimum absolute atomic E-state index is 0.0194. The van der Waals surface area contributed by atoms with Gasteiger partial charge in [-0.05, 0) is 18.8 Å². The predicted octanol–water partition coefficient (Wildman–Crippen LogP) is 9.40. The van der Waals surface area contributed by atoms with E-state index in [4.69, 9.17) is 4.74 Å². The zero-order valence-corrected chi connectivity index (χ0v) is 20.5. The van der Waals surface area contributed by atoms with E-state index in [0.29, 0.717) is 13.0 Å². The van der Waals surface area contributed by atoms with Gasteiger partial charge in [0.1, 0.15) is 0 Å². The Morgan fingerprint density at radius 1 is 0.586 bits per heavy atom. The topological polar surface area (TPSA) is 26.3 Å². The van der Waals surface area contributed by atoms with Crippen LogP contribution in [-0.2, 0) is 9.53 Å². The predicted molar refractivity (Wildman–Crippen MR) is 128 cm³/mol.